The van der Waals surface area contributed by atoms with E-state index in [1.807, 2.05) is 24.3 Å². The van der Waals surface area contributed by atoms with Gasteiger partial charge in [-0.15, -0.1) is 0 Å². The summed E-state index contributed by atoms with van der Waals surface area (Å²) in [5.74, 6) is -0.0387. The van der Waals surface area contributed by atoms with E-state index in [0.29, 0.717) is 18.6 Å². The fourth-order valence-corrected chi connectivity index (χ4v) is 1.97. The van der Waals surface area contributed by atoms with Crippen molar-refractivity contribution >= 4 is 17.6 Å². The van der Waals surface area contributed by atoms with Crippen molar-refractivity contribution < 1.29 is 14.3 Å². The molecular formula is C18H26N2O3. The third-order valence-electron chi connectivity index (χ3n) is 3.26. The maximum Gasteiger partial charge on any atom is 0.408 e. The number of aryl methyl sites for hydroxylation is 1. The second kappa shape index (κ2) is 7.90. The Morgan fingerprint density at radius 2 is 1.78 bits per heavy atom. The topological polar surface area (TPSA) is 79.3 Å². The van der Waals surface area contributed by atoms with Crippen molar-refractivity contribution in [3.63, 3.8) is 0 Å². The minimum atomic E-state index is -0.582. The third kappa shape index (κ3) is 7.08. The van der Waals surface area contributed by atoms with Crippen LogP contribution in [0.15, 0.2) is 24.3 Å². The molecule has 1 atom stereocenters. The lowest BCUT2D eigenvalue weighted by atomic mass is 10.0. The Bertz CT molecular complexity index is 571. The average molecular weight is 318 g/mol. The fourth-order valence-electron chi connectivity index (χ4n) is 1.97. The molecule has 0 spiro atoms. The van der Waals surface area contributed by atoms with Crippen LogP contribution in [-0.2, 0) is 16.0 Å². The van der Waals surface area contributed by atoms with E-state index < -0.39 is 17.7 Å². The standard InChI is InChI=1S/C18H26N2O3/c1-12(19)15-9-6-14(7-10-15)8-11-16(21)13(2)20-17(22)23-18(3,4)5/h6-7,9-10,13,19H,8,11H2,1-5H3,(H,20,22)/t13-/m0/s1. The summed E-state index contributed by atoms with van der Waals surface area (Å²) in [4.78, 5) is 23.7. The van der Waals surface area contributed by atoms with Crippen LogP contribution in [-0.4, -0.2) is 29.2 Å². The van der Waals surface area contributed by atoms with Gasteiger partial charge >= 0.3 is 6.09 Å². The predicted octanol–water partition coefficient (Wildman–Crippen LogP) is 3.49. The molecule has 23 heavy (non-hydrogen) atoms. The molecular weight excluding hydrogens is 292 g/mol. The van der Waals surface area contributed by atoms with Gasteiger partial charge in [-0.3, -0.25) is 4.79 Å². The molecule has 0 radical (unpaired) electrons. The van der Waals surface area contributed by atoms with Gasteiger partial charge < -0.3 is 15.5 Å². The zero-order valence-corrected chi connectivity index (χ0v) is 14.5. The molecule has 0 aliphatic heterocycles. The first-order valence-corrected chi connectivity index (χ1v) is 7.75. The Morgan fingerprint density at radius 3 is 2.26 bits per heavy atom. The number of hydrogen-bond donors (Lipinski definition) is 2. The Morgan fingerprint density at radius 1 is 1.22 bits per heavy atom. The molecule has 1 aromatic carbocycles. The highest BCUT2D eigenvalue weighted by atomic mass is 16.6. The number of benzene rings is 1. The minimum Gasteiger partial charge on any atom is -0.444 e. The Hall–Kier alpha value is -2.17. The first-order chi connectivity index (χ1) is 10.6. The second-order valence-corrected chi connectivity index (χ2v) is 6.66. The smallest absolute Gasteiger partial charge is 0.408 e. The summed E-state index contributed by atoms with van der Waals surface area (Å²) in [5, 5.41) is 10.1. The molecule has 0 aliphatic carbocycles. The lowest BCUT2D eigenvalue weighted by molar-refractivity contribution is -0.120. The molecule has 1 amide bonds. The summed E-state index contributed by atoms with van der Waals surface area (Å²) in [7, 11) is 0. The van der Waals surface area contributed by atoms with E-state index in [2.05, 4.69) is 5.32 Å². The maximum atomic E-state index is 12.1. The average Bonchev–Trinajstić information content (AvgIpc) is 2.42. The highest BCUT2D eigenvalue weighted by molar-refractivity contribution is 5.96. The van der Waals surface area contributed by atoms with Crippen LogP contribution >= 0.6 is 0 Å². The van der Waals surface area contributed by atoms with Crippen LogP contribution in [0.4, 0.5) is 4.79 Å². The molecule has 0 aromatic heterocycles. The quantitative estimate of drug-likeness (QED) is 0.788. The molecule has 2 N–H and O–H groups in total. The van der Waals surface area contributed by atoms with Crippen LogP contribution in [0.5, 0.6) is 0 Å². The first kappa shape index (κ1) is 18.9. The second-order valence-electron chi connectivity index (χ2n) is 6.66. The zero-order chi connectivity index (χ0) is 17.6. The maximum absolute atomic E-state index is 12.1. The molecule has 0 saturated heterocycles. The van der Waals surface area contributed by atoms with E-state index in [4.69, 9.17) is 10.1 Å². The number of hydrogen-bond acceptors (Lipinski definition) is 4. The Kier molecular flexibility index (Phi) is 6.49. The van der Waals surface area contributed by atoms with E-state index >= 15 is 0 Å². The number of rotatable bonds is 6. The monoisotopic (exact) mass is 318 g/mol. The Balaban J connectivity index is 2.46. The summed E-state index contributed by atoms with van der Waals surface area (Å²) in [5.41, 5.74) is 1.84. The van der Waals surface area contributed by atoms with Crippen LogP contribution in [0.2, 0.25) is 0 Å². The van der Waals surface area contributed by atoms with Gasteiger partial charge in [0.05, 0.1) is 6.04 Å². The highest BCUT2D eigenvalue weighted by Gasteiger charge is 2.20. The molecule has 0 bridgehead atoms. The van der Waals surface area contributed by atoms with E-state index in [0.717, 1.165) is 11.1 Å². The SMILES string of the molecule is CC(=N)c1ccc(CCC(=O)[C@H](C)NC(=O)OC(C)(C)C)cc1. The summed E-state index contributed by atoms with van der Waals surface area (Å²) < 4.78 is 5.13. The number of ether oxygens (including phenoxy) is 1. The van der Waals surface area contributed by atoms with Gasteiger partial charge in [0.15, 0.2) is 5.78 Å². The lowest BCUT2D eigenvalue weighted by Gasteiger charge is -2.21. The number of nitrogens with one attached hydrogen (secondary N) is 2. The van der Waals surface area contributed by atoms with Crippen molar-refractivity contribution in [1.29, 1.82) is 5.41 Å². The molecule has 5 heteroatoms. The predicted molar refractivity (Wildman–Crippen MR) is 91.1 cm³/mol. The molecule has 0 fully saturated rings. The molecule has 5 nitrogen and oxygen atoms in total. The Labute approximate surface area is 137 Å². The number of ketones is 1. The van der Waals surface area contributed by atoms with Gasteiger partial charge in [-0.05, 0) is 52.2 Å². The summed E-state index contributed by atoms with van der Waals surface area (Å²) in [6.45, 7) is 8.73. The van der Waals surface area contributed by atoms with Crippen molar-refractivity contribution in [2.24, 2.45) is 0 Å². The molecule has 0 unspecified atom stereocenters. The molecule has 0 aliphatic rings. The van der Waals surface area contributed by atoms with Gasteiger partial charge in [-0.25, -0.2) is 4.79 Å². The van der Waals surface area contributed by atoms with Crippen LogP contribution in [0, 0.1) is 5.41 Å². The van der Waals surface area contributed by atoms with Crippen LogP contribution in [0.3, 0.4) is 0 Å². The van der Waals surface area contributed by atoms with Crippen molar-refractivity contribution in [2.75, 3.05) is 0 Å². The fraction of sp³-hybridized carbons (Fsp3) is 0.500. The van der Waals surface area contributed by atoms with Gasteiger partial charge in [0.25, 0.3) is 0 Å². The number of alkyl carbamates (subject to hydrolysis) is 1. The molecule has 0 saturated carbocycles. The van der Waals surface area contributed by atoms with Crippen molar-refractivity contribution in [3.05, 3.63) is 35.4 Å². The zero-order valence-electron chi connectivity index (χ0n) is 14.5. The third-order valence-corrected chi connectivity index (χ3v) is 3.26. The van der Waals surface area contributed by atoms with E-state index in [-0.39, 0.29) is 5.78 Å². The number of carbonyl (C=O) groups is 2. The van der Waals surface area contributed by atoms with Crippen molar-refractivity contribution in [3.8, 4) is 0 Å². The van der Waals surface area contributed by atoms with E-state index in [1.165, 1.54) is 0 Å². The lowest BCUT2D eigenvalue weighted by Crippen LogP contribution is -2.41. The van der Waals surface area contributed by atoms with Crippen LogP contribution in [0.1, 0.15) is 52.2 Å². The number of amides is 1. The van der Waals surface area contributed by atoms with Gasteiger partial charge in [-0.1, -0.05) is 24.3 Å². The summed E-state index contributed by atoms with van der Waals surface area (Å²) in [6.07, 6.45) is 0.375. The number of Topliss-reactive ketones (excluding diaryl/α,β-unsaturated/α-hetero) is 1. The van der Waals surface area contributed by atoms with Crippen molar-refractivity contribution in [1.82, 2.24) is 5.32 Å². The van der Waals surface area contributed by atoms with Gasteiger partial charge in [-0.2, -0.15) is 0 Å². The molecule has 1 aromatic rings. The largest absolute Gasteiger partial charge is 0.444 e. The molecule has 0 heterocycles. The number of carbonyl (C=O) groups excluding carboxylic acids is 2. The van der Waals surface area contributed by atoms with Gasteiger partial charge in [0.1, 0.15) is 5.60 Å². The van der Waals surface area contributed by atoms with Crippen molar-refractivity contribution in [2.45, 2.75) is 59.1 Å². The minimum absolute atomic E-state index is 0.0387. The van der Waals surface area contributed by atoms with Crippen LogP contribution < -0.4 is 5.32 Å². The highest BCUT2D eigenvalue weighted by Crippen LogP contribution is 2.09. The van der Waals surface area contributed by atoms with Crippen LogP contribution in [0.25, 0.3) is 0 Å². The van der Waals surface area contributed by atoms with Gasteiger partial charge in [0.2, 0.25) is 0 Å². The molecule has 1 rings (SSSR count). The molecule has 126 valence electrons. The first-order valence-electron chi connectivity index (χ1n) is 7.75. The summed E-state index contributed by atoms with van der Waals surface area (Å²) in [6, 6.07) is 7.03. The van der Waals surface area contributed by atoms with E-state index in [1.54, 1.807) is 34.6 Å². The summed E-state index contributed by atoms with van der Waals surface area (Å²) >= 11 is 0. The van der Waals surface area contributed by atoms with E-state index in [9.17, 15) is 9.59 Å². The van der Waals surface area contributed by atoms with Gasteiger partial charge in [0, 0.05) is 12.1 Å². The normalized spacial score (nSPS) is 12.4.